The number of aliphatic hydroxyl groups is 1. The number of hydrogen-bond donors (Lipinski definition) is 2. The largest absolute Gasteiger partial charge is 0.388 e. The van der Waals surface area contributed by atoms with Gasteiger partial charge in [0, 0.05) is 13.0 Å². The van der Waals surface area contributed by atoms with E-state index < -0.39 is 5.60 Å². The predicted octanol–water partition coefficient (Wildman–Crippen LogP) is 3.04. The predicted molar refractivity (Wildman–Crippen MR) is 89.0 cm³/mol. The number of amides is 1. The smallest absolute Gasteiger partial charge is 0.220 e. The fourth-order valence-corrected chi connectivity index (χ4v) is 4.00. The van der Waals surface area contributed by atoms with E-state index in [2.05, 4.69) is 16.4 Å². The molecule has 22 heavy (non-hydrogen) atoms. The number of nitrogens with one attached hydrogen (secondary N) is 1. The van der Waals surface area contributed by atoms with Crippen LogP contribution in [0.5, 0.6) is 0 Å². The highest BCUT2D eigenvalue weighted by Crippen LogP contribution is 2.28. The van der Waals surface area contributed by atoms with Gasteiger partial charge >= 0.3 is 0 Å². The van der Waals surface area contributed by atoms with Crippen molar-refractivity contribution in [3.8, 4) is 0 Å². The maximum absolute atomic E-state index is 11.9. The Balaban J connectivity index is 1.41. The first-order valence-corrected chi connectivity index (χ1v) is 8.80. The number of hydrogen-bond acceptors (Lipinski definition) is 4. The molecule has 1 aromatic carbocycles. The monoisotopic (exact) mass is 318 g/mol. The van der Waals surface area contributed by atoms with E-state index in [1.807, 2.05) is 18.2 Å². The Morgan fingerprint density at radius 3 is 2.86 bits per heavy atom. The number of aryl methyl sites for hydroxylation is 1. The van der Waals surface area contributed by atoms with Crippen molar-refractivity contribution in [2.75, 3.05) is 6.54 Å². The van der Waals surface area contributed by atoms with Crippen LogP contribution in [0.3, 0.4) is 0 Å². The number of para-hydroxylation sites is 1. The molecule has 1 aliphatic rings. The van der Waals surface area contributed by atoms with Gasteiger partial charge < -0.3 is 10.4 Å². The first-order chi connectivity index (χ1) is 10.6. The van der Waals surface area contributed by atoms with E-state index in [0.717, 1.165) is 49.0 Å². The number of carbonyl (C=O) groups excluding carboxylic acids is 1. The number of fused-ring (bicyclic) bond motifs is 1. The second-order valence-corrected chi connectivity index (χ2v) is 7.25. The molecule has 1 aromatic heterocycles. The third-order valence-electron chi connectivity index (χ3n) is 4.28. The second kappa shape index (κ2) is 6.75. The standard InChI is InChI=1S/C17H22N2O2S/c20-15(18-12-17(21)10-3-4-11-17)8-5-9-16-19-13-6-1-2-7-14(13)22-16/h1-2,6-7,21H,3-5,8-12H2,(H,18,20). The molecule has 0 radical (unpaired) electrons. The Hall–Kier alpha value is -1.46. The third kappa shape index (κ3) is 3.84. The van der Waals surface area contributed by atoms with E-state index in [1.54, 1.807) is 11.3 Å². The van der Waals surface area contributed by atoms with Gasteiger partial charge in [-0.1, -0.05) is 25.0 Å². The van der Waals surface area contributed by atoms with Gasteiger partial charge in [0.05, 0.1) is 20.8 Å². The average molecular weight is 318 g/mol. The summed E-state index contributed by atoms with van der Waals surface area (Å²) in [5, 5.41) is 14.2. The number of rotatable bonds is 6. The lowest BCUT2D eigenvalue weighted by Gasteiger charge is -2.22. The molecular weight excluding hydrogens is 296 g/mol. The lowest BCUT2D eigenvalue weighted by atomic mass is 10.0. The van der Waals surface area contributed by atoms with Crippen LogP contribution in [-0.4, -0.2) is 28.1 Å². The molecule has 0 saturated heterocycles. The molecule has 118 valence electrons. The van der Waals surface area contributed by atoms with Crippen molar-refractivity contribution in [1.29, 1.82) is 0 Å². The summed E-state index contributed by atoms with van der Waals surface area (Å²) in [5.41, 5.74) is 0.373. The van der Waals surface area contributed by atoms with Gasteiger partial charge in [-0.05, 0) is 37.8 Å². The highest BCUT2D eigenvalue weighted by Gasteiger charge is 2.31. The summed E-state index contributed by atoms with van der Waals surface area (Å²) >= 11 is 1.70. The number of benzene rings is 1. The van der Waals surface area contributed by atoms with Gasteiger partial charge in [0.15, 0.2) is 0 Å². The van der Waals surface area contributed by atoms with Gasteiger partial charge in [-0.3, -0.25) is 4.79 Å². The van der Waals surface area contributed by atoms with E-state index in [-0.39, 0.29) is 5.91 Å². The fourth-order valence-electron chi connectivity index (χ4n) is 2.99. The summed E-state index contributed by atoms with van der Waals surface area (Å²) < 4.78 is 1.20. The van der Waals surface area contributed by atoms with Crippen molar-refractivity contribution in [2.24, 2.45) is 0 Å². The Kier molecular flexibility index (Phi) is 4.74. The lowest BCUT2D eigenvalue weighted by molar-refractivity contribution is -0.122. The summed E-state index contributed by atoms with van der Waals surface area (Å²) in [6, 6.07) is 8.11. The molecule has 1 saturated carbocycles. The zero-order valence-electron chi connectivity index (χ0n) is 12.7. The quantitative estimate of drug-likeness (QED) is 0.860. The lowest BCUT2D eigenvalue weighted by Crippen LogP contribution is -2.40. The summed E-state index contributed by atoms with van der Waals surface area (Å²) in [6.07, 6.45) is 5.85. The molecule has 4 nitrogen and oxygen atoms in total. The molecule has 1 heterocycles. The normalized spacial score (nSPS) is 17.0. The fraction of sp³-hybridized carbons (Fsp3) is 0.529. The van der Waals surface area contributed by atoms with E-state index >= 15 is 0 Å². The maximum Gasteiger partial charge on any atom is 0.220 e. The molecule has 2 aromatic rings. The van der Waals surface area contributed by atoms with Crippen LogP contribution in [0.15, 0.2) is 24.3 Å². The minimum absolute atomic E-state index is 0.0291. The molecule has 5 heteroatoms. The van der Waals surface area contributed by atoms with Crippen LogP contribution in [0.4, 0.5) is 0 Å². The molecule has 0 bridgehead atoms. The topological polar surface area (TPSA) is 62.2 Å². The number of thiazole rings is 1. The van der Waals surface area contributed by atoms with Crippen molar-refractivity contribution < 1.29 is 9.90 Å². The SMILES string of the molecule is O=C(CCCc1nc2ccccc2s1)NCC1(O)CCCC1. The highest BCUT2D eigenvalue weighted by molar-refractivity contribution is 7.18. The van der Waals surface area contributed by atoms with Crippen molar-refractivity contribution in [2.45, 2.75) is 50.5 Å². The van der Waals surface area contributed by atoms with E-state index in [4.69, 9.17) is 0 Å². The summed E-state index contributed by atoms with van der Waals surface area (Å²) in [5.74, 6) is 0.0291. The third-order valence-corrected chi connectivity index (χ3v) is 5.38. The van der Waals surface area contributed by atoms with Gasteiger partial charge in [0.2, 0.25) is 5.91 Å². The van der Waals surface area contributed by atoms with E-state index in [9.17, 15) is 9.90 Å². The van der Waals surface area contributed by atoms with Gasteiger partial charge in [-0.25, -0.2) is 4.98 Å². The molecule has 1 aliphatic carbocycles. The Morgan fingerprint density at radius 1 is 1.32 bits per heavy atom. The molecule has 1 fully saturated rings. The van der Waals surface area contributed by atoms with Crippen molar-refractivity contribution in [3.63, 3.8) is 0 Å². The first-order valence-electron chi connectivity index (χ1n) is 7.98. The van der Waals surface area contributed by atoms with Crippen LogP contribution >= 0.6 is 11.3 Å². The Labute approximate surface area is 134 Å². The first kappa shape index (κ1) is 15.4. The molecular formula is C17H22N2O2S. The Morgan fingerprint density at radius 2 is 2.09 bits per heavy atom. The molecule has 0 aliphatic heterocycles. The van der Waals surface area contributed by atoms with Crippen molar-refractivity contribution in [3.05, 3.63) is 29.3 Å². The van der Waals surface area contributed by atoms with E-state index in [1.165, 1.54) is 4.70 Å². The van der Waals surface area contributed by atoms with Gasteiger partial charge in [-0.2, -0.15) is 0 Å². The van der Waals surface area contributed by atoms with Gasteiger partial charge in [0.25, 0.3) is 0 Å². The average Bonchev–Trinajstić information content (AvgIpc) is 3.11. The van der Waals surface area contributed by atoms with Gasteiger partial charge in [-0.15, -0.1) is 11.3 Å². The Bertz CT molecular complexity index is 614. The van der Waals surface area contributed by atoms with Crippen molar-refractivity contribution in [1.82, 2.24) is 10.3 Å². The minimum Gasteiger partial charge on any atom is -0.388 e. The van der Waals surface area contributed by atoms with Crippen LogP contribution in [0.25, 0.3) is 10.2 Å². The van der Waals surface area contributed by atoms with Crippen LogP contribution in [0.2, 0.25) is 0 Å². The van der Waals surface area contributed by atoms with Crippen LogP contribution < -0.4 is 5.32 Å². The zero-order chi connectivity index (χ0) is 15.4. The van der Waals surface area contributed by atoms with E-state index in [0.29, 0.717) is 13.0 Å². The summed E-state index contributed by atoms with van der Waals surface area (Å²) in [4.78, 5) is 16.4. The molecule has 3 rings (SSSR count). The second-order valence-electron chi connectivity index (χ2n) is 6.14. The number of aromatic nitrogens is 1. The number of nitrogens with zero attached hydrogens (tertiary/aromatic N) is 1. The molecule has 0 atom stereocenters. The minimum atomic E-state index is -0.664. The molecule has 1 amide bonds. The molecule has 2 N–H and O–H groups in total. The van der Waals surface area contributed by atoms with Crippen LogP contribution in [0.1, 0.15) is 43.5 Å². The van der Waals surface area contributed by atoms with Crippen LogP contribution in [-0.2, 0) is 11.2 Å². The number of carbonyl (C=O) groups is 1. The zero-order valence-corrected chi connectivity index (χ0v) is 13.5. The summed E-state index contributed by atoms with van der Waals surface area (Å²) in [6.45, 7) is 0.396. The molecule has 0 unspecified atom stereocenters. The van der Waals surface area contributed by atoms with Crippen LogP contribution in [0, 0.1) is 0 Å². The van der Waals surface area contributed by atoms with Gasteiger partial charge in [0.1, 0.15) is 0 Å². The maximum atomic E-state index is 11.9. The summed E-state index contributed by atoms with van der Waals surface area (Å²) in [7, 11) is 0. The highest BCUT2D eigenvalue weighted by atomic mass is 32.1. The molecule has 0 spiro atoms. The van der Waals surface area contributed by atoms with Crippen molar-refractivity contribution >= 4 is 27.5 Å².